The molecule has 1 aliphatic rings. The second-order valence-electron chi connectivity index (χ2n) is 5.93. The van der Waals surface area contributed by atoms with Crippen molar-refractivity contribution in [2.75, 3.05) is 6.54 Å². The molecule has 116 valence electrons. The molecule has 2 aromatic rings. The summed E-state index contributed by atoms with van der Waals surface area (Å²) in [7, 11) is 0. The van der Waals surface area contributed by atoms with Gasteiger partial charge in [-0.05, 0) is 49.1 Å². The van der Waals surface area contributed by atoms with Crippen LogP contribution in [-0.2, 0) is 6.61 Å². The Bertz CT molecular complexity index is 598. The molecule has 1 fully saturated rings. The van der Waals surface area contributed by atoms with Crippen LogP contribution >= 0.6 is 11.6 Å². The van der Waals surface area contributed by atoms with Crippen molar-refractivity contribution in [3.05, 3.63) is 64.2 Å². The average molecular weight is 316 g/mol. The zero-order chi connectivity index (χ0) is 15.4. The molecule has 0 saturated carbocycles. The lowest BCUT2D eigenvalue weighted by atomic mass is 9.96. The van der Waals surface area contributed by atoms with Gasteiger partial charge in [0.2, 0.25) is 0 Å². The molecule has 1 heterocycles. The van der Waals surface area contributed by atoms with Crippen LogP contribution in [0.25, 0.3) is 0 Å². The molecule has 0 radical (unpaired) electrons. The van der Waals surface area contributed by atoms with Gasteiger partial charge in [0.1, 0.15) is 12.4 Å². The highest BCUT2D eigenvalue weighted by Gasteiger charge is 2.17. The van der Waals surface area contributed by atoms with Crippen molar-refractivity contribution in [1.82, 2.24) is 5.32 Å². The predicted molar refractivity (Wildman–Crippen MR) is 91.6 cm³/mol. The first-order chi connectivity index (χ1) is 10.7. The Morgan fingerprint density at radius 1 is 1.18 bits per heavy atom. The number of hydrogen-bond acceptors (Lipinski definition) is 2. The number of rotatable bonds is 4. The third-order valence-corrected chi connectivity index (χ3v) is 4.47. The first-order valence-corrected chi connectivity index (χ1v) is 8.32. The molecule has 0 amide bonds. The van der Waals surface area contributed by atoms with Crippen LogP contribution in [0, 0.1) is 6.92 Å². The van der Waals surface area contributed by atoms with Crippen molar-refractivity contribution in [2.45, 2.75) is 38.8 Å². The lowest BCUT2D eigenvalue weighted by molar-refractivity contribution is 0.304. The lowest BCUT2D eigenvalue weighted by Crippen LogP contribution is -2.26. The summed E-state index contributed by atoms with van der Waals surface area (Å²) < 4.78 is 5.94. The Kier molecular flexibility index (Phi) is 5.01. The van der Waals surface area contributed by atoms with Gasteiger partial charge in [0.05, 0.1) is 5.02 Å². The monoisotopic (exact) mass is 315 g/mol. The van der Waals surface area contributed by atoms with Crippen molar-refractivity contribution >= 4 is 11.6 Å². The second kappa shape index (κ2) is 7.17. The van der Waals surface area contributed by atoms with E-state index in [1.807, 2.05) is 18.2 Å². The summed E-state index contributed by atoms with van der Waals surface area (Å²) in [6, 6.07) is 14.8. The van der Waals surface area contributed by atoms with Gasteiger partial charge in [0.15, 0.2) is 0 Å². The average Bonchev–Trinajstić information content (AvgIpc) is 2.56. The Balaban J connectivity index is 1.74. The molecule has 2 aromatic carbocycles. The summed E-state index contributed by atoms with van der Waals surface area (Å²) in [6.45, 7) is 3.70. The molecule has 22 heavy (non-hydrogen) atoms. The summed E-state index contributed by atoms with van der Waals surface area (Å²) in [5.41, 5.74) is 3.52. The van der Waals surface area contributed by atoms with E-state index in [1.54, 1.807) is 0 Å². The summed E-state index contributed by atoms with van der Waals surface area (Å²) in [4.78, 5) is 0. The van der Waals surface area contributed by atoms with Crippen LogP contribution in [0.15, 0.2) is 42.5 Å². The van der Waals surface area contributed by atoms with Gasteiger partial charge >= 0.3 is 0 Å². The van der Waals surface area contributed by atoms with E-state index in [2.05, 4.69) is 36.5 Å². The van der Waals surface area contributed by atoms with Gasteiger partial charge in [0, 0.05) is 6.04 Å². The maximum atomic E-state index is 6.47. The highest BCUT2D eigenvalue weighted by molar-refractivity contribution is 6.32. The molecule has 1 unspecified atom stereocenters. The van der Waals surface area contributed by atoms with E-state index in [0.29, 0.717) is 17.7 Å². The third kappa shape index (κ3) is 3.63. The minimum absolute atomic E-state index is 0.424. The SMILES string of the molecule is Cc1cc(C2CCCCN2)cc(Cl)c1OCc1ccccc1. The minimum Gasteiger partial charge on any atom is -0.487 e. The van der Waals surface area contributed by atoms with Gasteiger partial charge in [0.25, 0.3) is 0 Å². The van der Waals surface area contributed by atoms with Crippen molar-refractivity contribution in [1.29, 1.82) is 0 Å². The summed E-state index contributed by atoms with van der Waals surface area (Å²) >= 11 is 6.47. The van der Waals surface area contributed by atoms with E-state index in [-0.39, 0.29) is 0 Å². The number of aryl methyl sites for hydroxylation is 1. The first kappa shape index (κ1) is 15.4. The zero-order valence-electron chi connectivity index (χ0n) is 12.9. The minimum atomic E-state index is 0.424. The highest BCUT2D eigenvalue weighted by Crippen LogP contribution is 2.34. The number of ether oxygens (including phenoxy) is 1. The van der Waals surface area contributed by atoms with E-state index in [0.717, 1.165) is 23.4 Å². The van der Waals surface area contributed by atoms with Crippen molar-refractivity contribution in [3.8, 4) is 5.75 Å². The van der Waals surface area contributed by atoms with E-state index >= 15 is 0 Å². The van der Waals surface area contributed by atoms with E-state index in [9.17, 15) is 0 Å². The van der Waals surface area contributed by atoms with Gasteiger partial charge in [-0.25, -0.2) is 0 Å². The molecule has 1 aliphatic heterocycles. The van der Waals surface area contributed by atoms with Gasteiger partial charge < -0.3 is 10.1 Å². The Morgan fingerprint density at radius 3 is 2.68 bits per heavy atom. The Morgan fingerprint density at radius 2 is 2.00 bits per heavy atom. The normalized spacial score (nSPS) is 18.2. The van der Waals surface area contributed by atoms with Crippen molar-refractivity contribution in [2.24, 2.45) is 0 Å². The quantitative estimate of drug-likeness (QED) is 0.853. The lowest BCUT2D eigenvalue weighted by Gasteiger charge is -2.25. The molecule has 1 saturated heterocycles. The van der Waals surface area contributed by atoms with Gasteiger partial charge in [-0.2, -0.15) is 0 Å². The number of benzene rings is 2. The molecular weight excluding hydrogens is 294 g/mol. The van der Waals surface area contributed by atoms with Gasteiger partial charge in [-0.3, -0.25) is 0 Å². The molecule has 3 rings (SSSR count). The van der Waals surface area contributed by atoms with Crippen molar-refractivity contribution < 1.29 is 4.74 Å². The zero-order valence-corrected chi connectivity index (χ0v) is 13.7. The van der Waals surface area contributed by atoms with Crippen LogP contribution in [0.5, 0.6) is 5.75 Å². The molecule has 2 nitrogen and oxygen atoms in total. The maximum Gasteiger partial charge on any atom is 0.141 e. The third-order valence-electron chi connectivity index (χ3n) is 4.19. The van der Waals surface area contributed by atoms with Gasteiger partial charge in [-0.15, -0.1) is 0 Å². The predicted octanol–water partition coefficient (Wildman–Crippen LogP) is 5.04. The second-order valence-corrected chi connectivity index (χ2v) is 6.33. The van der Waals surface area contributed by atoms with Crippen LogP contribution in [0.2, 0.25) is 5.02 Å². The van der Waals surface area contributed by atoms with E-state index < -0.39 is 0 Å². The molecule has 1 atom stereocenters. The molecule has 0 spiro atoms. The van der Waals surface area contributed by atoms with Crippen LogP contribution in [0.1, 0.15) is 42.0 Å². The molecule has 0 aliphatic carbocycles. The van der Waals surface area contributed by atoms with Crippen LogP contribution in [0.3, 0.4) is 0 Å². The van der Waals surface area contributed by atoms with E-state index in [1.165, 1.54) is 24.8 Å². The van der Waals surface area contributed by atoms with Crippen molar-refractivity contribution in [3.63, 3.8) is 0 Å². The standard InChI is InChI=1S/C19H22ClNO/c1-14-11-16(18-9-5-6-10-21-18)12-17(20)19(14)22-13-15-7-3-2-4-8-15/h2-4,7-8,11-12,18,21H,5-6,9-10,13H2,1H3. The van der Waals surface area contributed by atoms with E-state index in [4.69, 9.17) is 16.3 Å². The van der Waals surface area contributed by atoms with Crippen LogP contribution < -0.4 is 10.1 Å². The fraction of sp³-hybridized carbons (Fsp3) is 0.368. The Labute approximate surface area is 137 Å². The number of piperidine rings is 1. The fourth-order valence-corrected chi connectivity index (χ4v) is 3.34. The molecular formula is C19H22ClNO. The summed E-state index contributed by atoms with van der Waals surface area (Å²) in [5, 5.41) is 4.27. The van der Waals surface area contributed by atoms with Crippen LogP contribution in [0.4, 0.5) is 0 Å². The number of nitrogens with one attached hydrogen (secondary N) is 1. The summed E-state index contributed by atoms with van der Waals surface area (Å²) in [6.07, 6.45) is 3.72. The summed E-state index contributed by atoms with van der Waals surface area (Å²) in [5.74, 6) is 0.796. The van der Waals surface area contributed by atoms with Crippen LogP contribution in [-0.4, -0.2) is 6.54 Å². The smallest absolute Gasteiger partial charge is 0.141 e. The molecule has 0 aromatic heterocycles. The largest absolute Gasteiger partial charge is 0.487 e. The topological polar surface area (TPSA) is 21.3 Å². The first-order valence-electron chi connectivity index (χ1n) is 7.94. The number of hydrogen-bond donors (Lipinski definition) is 1. The molecule has 0 bridgehead atoms. The van der Waals surface area contributed by atoms with Gasteiger partial charge in [-0.1, -0.05) is 54.4 Å². The highest BCUT2D eigenvalue weighted by atomic mass is 35.5. The molecule has 1 N–H and O–H groups in total. The fourth-order valence-electron chi connectivity index (χ4n) is 3.01. The number of halogens is 1. The maximum absolute atomic E-state index is 6.47. The molecule has 3 heteroatoms. The Hall–Kier alpha value is -1.51.